The van der Waals surface area contributed by atoms with E-state index < -0.39 is 0 Å². The lowest BCUT2D eigenvalue weighted by Crippen LogP contribution is -2.12. The number of nitrogens with two attached hydrogens (primary N) is 1. The molecule has 0 spiro atoms. The molecule has 4 nitrogen and oxygen atoms in total. The smallest absolute Gasteiger partial charge is 0.237 e. The molecular weight excluding hydrogens is 226 g/mol. The molecule has 1 aromatic heterocycles. The highest BCUT2D eigenvalue weighted by Gasteiger charge is 2.19. The first kappa shape index (κ1) is 12.8. The summed E-state index contributed by atoms with van der Waals surface area (Å²) in [5, 5.41) is 8.18. The molecule has 1 unspecified atom stereocenters. The van der Waals surface area contributed by atoms with E-state index in [9.17, 15) is 0 Å². The fraction of sp³-hybridized carbons (Fsp3) is 0.429. The molecule has 2 N–H and O–H groups in total. The standard InChI is InChI=1S/C14H19N3O/c1-3-10(4-2)13-16-17-14(18-13)12(15)11-8-6-5-7-9-11/h5-10,12H,3-4,15H2,1-2H3. The van der Waals surface area contributed by atoms with Gasteiger partial charge in [-0.3, -0.25) is 0 Å². The van der Waals surface area contributed by atoms with Crippen molar-refractivity contribution in [2.75, 3.05) is 0 Å². The minimum Gasteiger partial charge on any atom is -0.423 e. The minimum absolute atomic E-state index is 0.328. The van der Waals surface area contributed by atoms with Crippen molar-refractivity contribution in [1.29, 1.82) is 0 Å². The lowest BCUT2D eigenvalue weighted by Gasteiger charge is -2.08. The molecule has 0 aliphatic heterocycles. The summed E-state index contributed by atoms with van der Waals surface area (Å²) in [5.41, 5.74) is 7.10. The van der Waals surface area contributed by atoms with Gasteiger partial charge in [-0.25, -0.2) is 0 Å². The number of nitrogens with zero attached hydrogens (tertiary/aromatic N) is 2. The van der Waals surface area contributed by atoms with Crippen LogP contribution < -0.4 is 5.73 Å². The van der Waals surface area contributed by atoms with Gasteiger partial charge in [-0.1, -0.05) is 44.2 Å². The lowest BCUT2D eigenvalue weighted by atomic mass is 10.0. The normalized spacial score (nSPS) is 12.9. The van der Waals surface area contributed by atoms with Gasteiger partial charge in [0, 0.05) is 5.92 Å². The average Bonchev–Trinajstić information content (AvgIpc) is 2.90. The molecule has 0 fully saturated rings. The van der Waals surface area contributed by atoms with Crippen LogP contribution in [0.5, 0.6) is 0 Å². The molecule has 0 radical (unpaired) electrons. The SMILES string of the molecule is CCC(CC)c1nnc(C(N)c2ccccc2)o1. The number of hydrogen-bond donors (Lipinski definition) is 1. The molecule has 0 aliphatic carbocycles. The van der Waals surface area contributed by atoms with Gasteiger partial charge < -0.3 is 10.2 Å². The van der Waals surface area contributed by atoms with Crippen LogP contribution in [0, 0.1) is 0 Å². The molecule has 0 amide bonds. The highest BCUT2D eigenvalue weighted by Crippen LogP contribution is 2.24. The second kappa shape index (κ2) is 5.78. The maximum absolute atomic E-state index is 6.12. The first-order valence-electron chi connectivity index (χ1n) is 6.40. The second-order valence-electron chi connectivity index (χ2n) is 4.38. The summed E-state index contributed by atoms with van der Waals surface area (Å²) < 4.78 is 5.70. The van der Waals surface area contributed by atoms with Crippen LogP contribution in [0.3, 0.4) is 0 Å². The summed E-state index contributed by atoms with van der Waals surface area (Å²) in [5.74, 6) is 1.51. The van der Waals surface area contributed by atoms with E-state index in [-0.39, 0.29) is 6.04 Å². The van der Waals surface area contributed by atoms with Crippen molar-refractivity contribution in [1.82, 2.24) is 10.2 Å². The van der Waals surface area contributed by atoms with Crippen LogP contribution in [0.15, 0.2) is 34.7 Å². The third-order valence-electron chi connectivity index (χ3n) is 3.22. The van der Waals surface area contributed by atoms with Gasteiger partial charge in [0.15, 0.2) is 0 Å². The van der Waals surface area contributed by atoms with E-state index in [2.05, 4.69) is 24.0 Å². The average molecular weight is 245 g/mol. The number of aromatic nitrogens is 2. The monoisotopic (exact) mass is 245 g/mol. The molecule has 2 rings (SSSR count). The molecule has 0 saturated carbocycles. The Balaban J connectivity index is 2.20. The Morgan fingerprint density at radius 2 is 1.67 bits per heavy atom. The van der Waals surface area contributed by atoms with Gasteiger partial charge in [-0.15, -0.1) is 10.2 Å². The van der Waals surface area contributed by atoms with Crippen LogP contribution in [-0.4, -0.2) is 10.2 Å². The Hall–Kier alpha value is -1.68. The van der Waals surface area contributed by atoms with Crippen LogP contribution in [0.1, 0.15) is 56.0 Å². The fourth-order valence-corrected chi connectivity index (χ4v) is 1.98. The summed E-state index contributed by atoms with van der Waals surface area (Å²) in [6, 6.07) is 9.44. The highest BCUT2D eigenvalue weighted by atomic mass is 16.4. The van der Waals surface area contributed by atoms with Gasteiger partial charge in [0.05, 0.1) is 0 Å². The van der Waals surface area contributed by atoms with Gasteiger partial charge in [-0.2, -0.15) is 0 Å². The predicted octanol–water partition coefficient (Wildman–Crippen LogP) is 3.02. The topological polar surface area (TPSA) is 64.9 Å². The van der Waals surface area contributed by atoms with Crippen molar-refractivity contribution in [2.45, 2.75) is 38.6 Å². The fourth-order valence-electron chi connectivity index (χ4n) is 1.98. The van der Waals surface area contributed by atoms with Crippen LogP contribution in [0.4, 0.5) is 0 Å². The van der Waals surface area contributed by atoms with Crippen LogP contribution >= 0.6 is 0 Å². The Kier molecular flexibility index (Phi) is 4.10. The Bertz CT molecular complexity index is 477. The first-order valence-corrected chi connectivity index (χ1v) is 6.40. The summed E-state index contributed by atoms with van der Waals surface area (Å²) in [4.78, 5) is 0. The quantitative estimate of drug-likeness (QED) is 0.879. The first-order chi connectivity index (χ1) is 8.76. The zero-order valence-corrected chi connectivity index (χ0v) is 10.8. The number of benzene rings is 1. The van der Waals surface area contributed by atoms with Gasteiger partial charge in [0.25, 0.3) is 0 Å². The van der Waals surface area contributed by atoms with E-state index in [1.807, 2.05) is 30.3 Å². The second-order valence-corrected chi connectivity index (χ2v) is 4.38. The number of hydrogen-bond acceptors (Lipinski definition) is 4. The predicted molar refractivity (Wildman–Crippen MR) is 70.1 cm³/mol. The van der Waals surface area contributed by atoms with Crippen molar-refractivity contribution in [3.63, 3.8) is 0 Å². The van der Waals surface area contributed by atoms with Crippen molar-refractivity contribution >= 4 is 0 Å². The van der Waals surface area contributed by atoms with Gasteiger partial charge in [0.1, 0.15) is 6.04 Å². The molecule has 0 saturated heterocycles. The lowest BCUT2D eigenvalue weighted by molar-refractivity contribution is 0.394. The molecule has 0 bridgehead atoms. The summed E-state index contributed by atoms with van der Waals surface area (Å²) in [6.07, 6.45) is 2.00. The molecule has 2 aromatic rings. The van der Waals surface area contributed by atoms with Crippen molar-refractivity contribution in [2.24, 2.45) is 5.73 Å². The van der Waals surface area contributed by atoms with E-state index in [1.165, 1.54) is 0 Å². The zero-order valence-electron chi connectivity index (χ0n) is 10.8. The van der Waals surface area contributed by atoms with Crippen molar-refractivity contribution < 1.29 is 4.42 Å². The van der Waals surface area contributed by atoms with E-state index in [0.717, 1.165) is 18.4 Å². The van der Waals surface area contributed by atoms with E-state index in [1.54, 1.807) is 0 Å². The molecule has 1 aromatic carbocycles. The van der Waals surface area contributed by atoms with Crippen molar-refractivity contribution in [3.05, 3.63) is 47.7 Å². The van der Waals surface area contributed by atoms with Crippen LogP contribution in [0.25, 0.3) is 0 Å². The molecular formula is C14H19N3O. The van der Waals surface area contributed by atoms with Gasteiger partial charge in [0.2, 0.25) is 11.8 Å². The van der Waals surface area contributed by atoms with E-state index in [4.69, 9.17) is 10.2 Å². The molecule has 18 heavy (non-hydrogen) atoms. The molecule has 1 heterocycles. The van der Waals surface area contributed by atoms with Crippen LogP contribution in [-0.2, 0) is 0 Å². The molecule has 1 atom stereocenters. The third kappa shape index (κ3) is 2.59. The highest BCUT2D eigenvalue weighted by molar-refractivity contribution is 5.22. The maximum atomic E-state index is 6.12. The van der Waals surface area contributed by atoms with E-state index >= 15 is 0 Å². The summed E-state index contributed by atoms with van der Waals surface area (Å²) >= 11 is 0. The van der Waals surface area contributed by atoms with Gasteiger partial charge in [-0.05, 0) is 18.4 Å². The van der Waals surface area contributed by atoms with Gasteiger partial charge >= 0.3 is 0 Å². The van der Waals surface area contributed by atoms with Crippen LogP contribution in [0.2, 0.25) is 0 Å². The molecule has 4 heteroatoms. The minimum atomic E-state index is -0.346. The Morgan fingerprint density at radius 1 is 1.06 bits per heavy atom. The summed E-state index contributed by atoms with van der Waals surface area (Å²) in [7, 11) is 0. The maximum Gasteiger partial charge on any atom is 0.237 e. The number of rotatable bonds is 5. The Labute approximate surface area is 107 Å². The summed E-state index contributed by atoms with van der Waals surface area (Å²) in [6.45, 7) is 4.24. The van der Waals surface area contributed by atoms with E-state index in [0.29, 0.717) is 17.7 Å². The third-order valence-corrected chi connectivity index (χ3v) is 3.22. The Morgan fingerprint density at radius 3 is 2.28 bits per heavy atom. The largest absolute Gasteiger partial charge is 0.423 e. The molecule has 96 valence electrons. The van der Waals surface area contributed by atoms with Crippen molar-refractivity contribution in [3.8, 4) is 0 Å². The molecule has 0 aliphatic rings. The zero-order chi connectivity index (χ0) is 13.0.